The predicted octanol–water partition coefficient (Wildman–Crippen LogP) is 2.30. The molecular formula is C15H22N4O. The summed E-state index contributed by atoms with van der Waals surface area (Å²) in [6, 6.07) is 2.84. The SMILES string of the molecule is CCc1nc(CC)n(Cc2cc(CNC3CC3)co2)n1. The van der Waals surface area contributed by atoms with E-state index < -0.39 is 0 Å². The van der Waals surface area contributed by atoms with Gasteiger partial charge in [0.2, 0.25) is 0 Å². The molecule has 1 fully saturated rings. The average Bonchev–Trinajstić information content (AvgIpc) is 3.05. The van der Waals surface area contributed by atoms with Crippen LogP contribution in [0, 0.1) is 0 Å². The van der Waals surface area contributed by atoms with Gasteiger partial charge in [0.05, 0.1) is 6.26 Å². The first kappa shape index (κ1) is 13.4. The summed E-state index contributed by atoms with van der Waals surface area (Å²) in [6.45, 7) is 5.74. The number of aromatic nitrogens is 3. The lowest BCUT2D eigenvalue weighted by Crippen LogP contribution is -2.14. The lowest BCUT2D eigenvalue weighted by atomic mass is 10.3. The monoisotopic (exact) mass is 274 g/mol. The van der Waals surface area contributed by atoms with E-state index in [0.717, 1.165) is 42.8 Å². The van der Waals surface area contributed by atoms with Crippen LogP contribution in [-0.2, 0) is 25.9 Å². The van der Waals surface area contributed by atoms with Gasteiger partial charge in [-0.15, -0.1) is 0 Å². The van der Waals surface area contributed by atoms with Crippen LogP contribution in [0.1, 0.15) is 49.7 Å². The van der Waals surface area contributed by atoms with Crippen LogP contribution in [0.25, 0.3) is 0 Å². The van der Waals surface area contributed by atoms with E-state index in [4.69, 9.17) is 4.42 Å². The highest BCUT2D eigenvalue weighted by molar-refractivity contribution is 5.13. The molecule has 1 aliphatic rings. The van der Waals surface area contributed by atoms with Gasteiger partial charge in [-0.05, 0) is 18.9 Å². The fourth-order valence-corrected chi connectivity index (χ4v) is 2.26. The summed E-state index contributed by atoms with van der Waals surface area (Å²) in [6.07, 6.45) is 6.22. The Morgan fingerprint density at radius 2 is 2.20 bits per heavy atom. The fraction of sp³-hybridized carbons (Fsp3) is 0.600. The average molecular weight is 274 g/mol. The van der Waals surface area contributed by atoms with Crippen molar-refractivity contribution < 1.29 is 4.42 Å². The molecule has 0 bridgehead atoms. The van der Waals surface area contributed by atoms with Gasteiger partial charge in [0.25, 0.3) is 0 Å². The molecular weight excluding hydrogens is 252 g/mol. The Morgan fingerprint density at radius 1 is 1.35 bits per heavy atom. The van der Waals surface area contributed by atoms with Crippen molar-refractivity contribution in [2.24, 2.45) is 0 Å². The van der Waals surface area contributed by atoms with E-state index in [1.807, 2.05) is 10.9 Å². The third-order valence-corrected chi connectivity index (χ3v) is 3.61. The third-order valence-electron chi connectivity index (χ3n) is 3.61. The van der Waals surface area contributed by atoms with Crippen molar-refractivity contribution in [3.05, 3.63) is 35.3 Å². The molecule has 0 spiro atoms. The second kappa shape index (κ2) is 5.79. The van der Waals surface area contributed by atoms with Gasteiger partial charge >= 0.3 is 0 Å². The highest BCUT2D eigenvalue weighted by Gasteiger charge is 2.20. The van der Waals surface area contributed by atoms with Crippen molar-refractivity contribution in [2.75, 3.05) is 0 Å². The van der Waals surface area contributed by atoms with Gasteiger partial charge in [-0.1, -0.05) is 13.8 Å². The lowest BCUT2D eigenvalue weighted by Gasteiger charge is -2.01. The summed E-state index contributed by atoms with van der Waals surface area (Å²) in [5.74, 6) is 2.87. The topological polar surface area (TPSA) is 55.9 Å². The number of furan rings is 1. The summed E-state index contributed by atoms with van der Waals surface area (Å²) < 4.78 is 7.59. The van der Waals surface area contributed by atoms with Crippen molar-refractivity contribution in [1.82, 2.24) is 20.1 Å². The Morgan fingerprint density at radius 3 is 2.90 bits per heavy atom. The van der Waals surface area contributed by atoms with Crippen LogP contribution in [0.4, 0.5) is 0 Å². The van der Waals surface area contributed by atoms with Crippen LogP contribution >= 0.6 is 0 Å². The first-order valence-corrected chi connectivity index (χ1v) is 7.50. The molecule has 0 radical (unpaired) electrons. The molecule has 0 aromatic carbocycles. The van der Waals surface area contributed by atoms with Crippen LogP contribution in [0.5, 0.6) is 0 Å². The molecule has 2 heterocycles. The minimum Gasteiger partial charge on any atom is -0.467 e. The van der Waals surface area contributed by atoms with E-state index in [1.54, 1.807) is 0 Å². The molecule has 2 aromatic rings. The maximum atomic E-state index is 5.64. The number of nitrogens with one attached hydrogen (secondary N) is 1. The maximum absolute atomic E-state index is 5.64. The molecule has 1 saturated carbocycles. The van der Waals surface area contributed by atoms with Gasteiger partial charge in [-0.3, -0.25) is 0 Å². The number of hydrogen-bond acceptors (Lipinski definition) is 4. The van der Waals surface area contributed by atoms with Gasteiger partial charge in [0, 0.05) is 31.0 Å². The minimum atomic E-state index is 0.666. The van der Waals surface area contributed by atoms with Gasteiger partial charge in [-0.25, -0.2) is 9.67 Å². The van der Waals surface area contributed by atoms with Crippen LogP contribution in [0.3, 0.4) is 0 Å². The zero-order valence-corrected chi connectivity index (χ0v) is 12.2. The highest BCUT2D eigenvalue weighted by Crippen LogP contribution is 2.20. The second-order valence-electron chi connectivity index (χ2n) is 5.39. The van der Waals surface area contributed by atoms with Crippen molar-refractivity contribution in [2.45, 2.75) is 58.7 Å². The zero-order chi connectivity index (χ0) is 13.9. The van der Waals surface area contributed by atoms with Crippen LogP contribution < -0.4 is 5.32 Å². The lowest BCUT2D eigenvalue weighted by molar-refractivity contribution is 0.470. The Kier molecular flexibility index (Phi) is 3.87. The molecule has 5 nitrogen and oxygen atoms in total. The van der Waals surface area contributed by atoms with E-state index in [9.17, 15) is 0 Å². The van der Waals surface area contributed by atoms with E-state index in [1.165, 1.54) is 18.4 Å². The van der Waals surface area contributed by atoms with Crippen LogP contribution in [0.2, 0.25) is 0 Å². The van der Waals surface area contributed by atoms with Gasteiger partial charge < -0.3 is 9.73 Å². The Labute approximate surface area is 119 Å². The third kappa shape index (κ3) is 3.10. The molecule has 0 aliphatic heterocycles. The van der Waals surface area contributed by atoms with Crippen molar-refractivity contribution in [3.8, 4) is 0 Å². The molecule has 5 heteroatoms. The largest absolute Gasteiger partial charge is 0.467 e. The molecule has 108 valence electrons. The summed E-state index contributed by atoms with van der Waals surface area (Å²) >= 11 is 0. The predicted molar refractivity (Wildman–Crippen MR) is 76.4 cm³/mol. The number of rotatable bonds is 7. The number of hydrogen-bond donors (Lipinski definition) is 1. The quantitative estimate of drug-likeness (QED) is 0.841. The number of aryl methyl sites for hydroxylation is 2. The smallest absolute Gasteiger partial charge is 0.150 e. The highest BCUT2D eigenvalue weighted by atomic mass is 16.3. The Bertz CT molecular complexity index is 568. The second-order valence-corrected chi connectivity index (χ2v) is 5.39. The van der Waals surface area contributed by atoms with E-state index >= 15 is 0 Å². The minimum absolute atomic E-state index is 0.666. The van der Waals surface area contributed by atoms with Crippen molar-refractivity contribution >= 4 is 0 Å². The Hall–Kier alpha value is -1.62. The molecule has 3 rings (SSSR count). The van der Waals surface area contributed by atoms with Gasteiger partial charge in [0.1, 0.15) is 18.1 Å². The Balaban J connectivity index is 1.65. The first-order valence-electron chi connectivity index (χ1n) is 7.50. The molecule has 0 saturated heterocycles. The molecule has 1 aliphatic carbocycles. The maximum Gasteiger partial charge on any atom is 0.150 e. The molecule has 1 N–H and O–H groups in total. The zero-order valence-electron chi connectivity index (χ0n) is 12.2. The normalized spacial score (nSPS) is 14.9. The summed E-state index contributed by atoms with van der Waals surface area (Å²) in [4.78, 5) is 4.52. The standard InChI is InChI=1S/C15H22N4O/c1-3-14-17-15(4-2)19(18-14)9-13-7-11(10-20-13)8-16-12-5-6-12/h7,10,12,16H,3-6,8-9H2,1-2H3. The molecule has 0 amide bonds. The molecule has 20 heavy (non-hydrogen) atoms. The summed E-state index contributed by atoms with van der Waals surface area (Å²) in [5.41, 5.74) is 1.21. The molecule has 0 atom stereocenters. The molecule has 0 unspecified atom stereocenters. The van der Waals surface area contributed by atoms with Crippen LogP contribution in [0.15, 0.2) is 16.7 Å². The van der Waals surface area contributed by atoms with Gasteiger partial charge in [0.15, 0.2) is 5.82 Å². The van der Waals surface area contributed by atoms with Crippen molar-refractivity contribution in [1.29, 1.82) is 0 Å². The fourth-order valence-electron chi connectivity index (χ4n) is 2.26. The van der Waals surface area contributed by atoms with Gasteiger partial charge in [-0.2, -0.15) is 5.10 Å². The van der Waals surface area contributed by atoms with Crippen LogP contribution in [-0.4, -0.2) is 20.8 Å². The van der Waals surface area contributed by atoms with E-state index in [2.05, 4.69) is 35.3 Å². The summed E-state index contributed by atoms with van der Waals surface area (Å²) in [7, 11) is 0. The van der Waals surface area contributed by atoms with E-state index in [-0.39, 0.29) is 0 Å². The molecule has 2 aromatic heterocycles. The van der Waals surface area contributed by atoms with E-state index in [0.29, 0.717) is 6.54 Å². The first-order chi connectivity index (χ1) is 9.78. The number of nitrogens with zero attached hydrogens (tertiary/aromatic N) is 3. The van der Waals surface area contributed by atoms with Crippen molar-refractivity contribution in [3.63, 3.8) is 0 Å². The summed E-state index contributed by atoms with van der Waals surface area (Å²) in [5, 5.41) is 8.01.